The molecule has 1 amide bonds. The highest BCUT2D eigenvalue weighted by Gasteiger charge is 2.14. The van der Waals surface area contributed by atoms with Gasteiger partial charge in [0.05, 0.1) is 6.61 Å². The molecule has 100 valence electrons. The second-order valence-corrected chi connectivity index (χ2v) is 4.62. The summed E-state index contributed by atoms with van der Waals surface area (Å²) < 4.78 is 4.85. The third-order valence-electron chi connectivity index (χ3n) is 2.88. The molecule has 0 radical (unpaired) electrons. The first-order valence-corrected chi connectivity index (χ1v) is 6.13. The molecule has 4 heteroatoms. The van der Waals surface area contributed by atoms with Crippen LogP contribution in [0.25, 0.3) is 0 Å². The Morgan fingerprint density at radius 3 is 2.83 bits per heavy atom. The summed E-state index contributed by atoms with van der Waals surface area (Å²) in [6.07, 6.45) is 0. The molecule has 0 aliphatic rings. The van der Waals surface area contributed by atoms with Crippen LogP contribution in [0.3, 0.4) is 0 Å². The Labute approximate surface area is 109 Å². The maximum atomic E-state index is 11.6. The van der Waals surface area contributed by atoms with Crippen LogP contribution in [0.2, 0.25) is 0 Å². The molecule has 0 saturated heterocycles. The Morgan fingerprint density at radius 2 is 2.22 bits per heavy atom. The first kappa shape index (κ1) is 14.7. The normalized spacial score (nSPS) is 14.0. The van der Waals surface area contributed by atoms with Gasteiger partial charge in [0, 0.05) is 13.7 Å². The third-order valence-corrected chi connectivity index (χ3v) is 2.88. The van der Waals surface area contributed by atoms with Crippen LogP contribution in [-0.2, 0) is 9.53 Å². The predicted octanol–water partition coefficient (Wildman–Crippen LogP) is 1.19. The lowest BCUT2D eigenvalue weighted by molar-refractivity contribution is -0.123. The standard InChI is InChI=1S/C14H22N2O2/c1-10-5-4-6-12(7-10)11(2)8-16-14(17)13(15)9-18-3/h4-7,11,13H,8-9,15H2,1-3H3,(H,16,17). The molecule has 1 aromatic carbocycles. The van der Waals surface area contributed by atoms with Crippen LogP contribution >= 0.6 is 0 Å². The zero-order chi connectivity index (χ0) is 13.5. The largest absolute Gasteiger partial charge is 0.383 e. The molecule has 1 aromatic rings. The molecule has 2 atom stereocenters. The van der Waals surface area contributed by atoms with Crippen LogP contribution in [0.1, 0.15) is 24.0 Å². The van der Waals surface area contributed by atoms with Crippen LogP contribution in [0.4, 0.5) is 0 Å². The van der Waals surface area contributed by atoms with E-state index >= 15 is 0 Å². The molecule has 0 spiro atoms. The van der Waals surface area contributed by atoms with Gasteiger partial charge in [0.2, 0.25) is 5.91 Å². The van der Waals surface area contributed by atoms with E-state index in [0.29, 0.717) is 6.54 Å². The van der Waals surface area contributed by atoms with Gasteiger partial charge in [0.25, 0.3) is 0 Å². The van der Waals surface area contributed by atoms with Crippen molar-refractivity contribution in [2.45, 2.75) is 25.8 Å². The molecule has 0 saturated carbocycles. The smallest absolute Gasteiger partial charge is 0.239 e. The molecule has 1 rings (SSSR count). The summed E-state index contributed by atoms with van der Waals surface area (Å²) in [5.41, 5.74) is 8.08. The Morgan fingerprint density at radius 1 is 1.50 bits per heavy atom. The summed E-state index contributed by atoms with van der Waals surface area (Å²) in [4.78, 5) is 11.6. The number of nitrogens with one attached hydrogen (secondary N) is 1. The van der Waals surface area contributed by atoms with Crippen molar-refractivity contribution < 1.29 is 9.53 Å². The number of carbonyl (C=O) groups is 1. The Bertz CT molecular complexity index is 393. The SMILES string of the molecule is COCC(N)C(=O)NCC(C)c1cccc(C)c1. The minimum absolute atomic E-state index is 0.170. The van der Waals surface area contributed by atoms with Crippen molar-refractivity contribution in [3.05, 3.63) is 35.4 Å². The van der Waals surface area contributed by atoms with E-state index in [9.17, 15) is 4.79 Å². The highest BCUT2D eigenvalue weighted by molar-refractivity contribution is 5.81. The average Bonchev–Trinajstić information content (AvgIpc) is 2.35. The molecule has 3 N–H and O–H groups in total. The zero-order valence-corrected chi connectivity index (χ0v) is 11.3. The fourth-order valence-electron chi connectivity index (χ4n) is 1.73. The zero-order valence-electron chi connectivity index (χ0n) is 11.3. The van der Waals surface area contributed by atoms with Crippen LogP contribution in [0.5, 0.6) is 0 Å². The van der Waals surface area contributed by atoms with Crippen molar-refractivity contribution in [2.75, 3.05) is 20.3 Å². The molecule has 2 unspecified atom stereocenters. The number of amides is 1. The van der Waals surface area contributed by atoms with E-state index in [4.69, 9.17) is 10.5 Å². The minimum Gasteiger partial charge on any atom is -0.383 e. The quantitative estimate of drug-likeness (QED) is 0.797. The third kappa shape index (κ3) is 4.47. The molecule has 0 heterocycles. The summed E-state index contributed by atoms with van der Waals surface area (Å²) in [7, 11) is 1.53. The monoisotopic (exact) mass is 250 g/mol. The fraction of sp³-hybridized carbons (Fsp3) is 0.500. The Balaban J connectivity index is 2.46. The molecule has 0 bridgehead atoms. The van der Waals surface area contributed by atoms with Gasteiger partial charge in [-0.1, -0.05) is 36.8 Å². The number of nitrogens with two attached hydrogens (primary N) is 1. The Kier molecular flexibility index (Phi) is 5.82. The number of carbonyl (C=O) groups excluding carboxylic acids is 1. The topological polar surface area (TPSA) is 64.3 Å². The fourth-order valence-corrected chi connectivity index (χ4v) is 1.73. The summed E-state index contributed by atoms with van der Waals surface area (Å²) in [5.74, 6) is 0.0972. The highest BCUT2D eigenvalue weighted by atomic mass is 16.5. The number of hydrogen-bond acceptors (Lipinski definition) is 3. The van der Waals surface area contributed by atoms with Gasteiger partial charge in [-0.25, -0.2) is 0 Å². The maximum Gasteiger partial charge on any atom is 0.239 e. The van der Waals surface area contributed by atoms with Crippen molar-refractivity contribution in [1.29, 1.82) is 0 Å². The number of ether oxygens (including phenoxy) is 1. The molecule has 0 aromatic heterocycles. The first-order chi connectivity index (χ1) is 8.54. The van der Waals surface area contributed by atoms with Crippen LogP contribution < -0.4 is 11.1 Å². The van der Waals surface area contributed by atoms with Gasteiger partial charge in [-0.05, 0) is 18.4 Å². The molecule has 0 fully saturated rings. The van der Waals surface area contributed by atoms with E-state index in [1.807, 2.05) is 6.07 Å². The van der Waals surface area contributed by atoms with Crippen molar-refractivity contribution in [1.82, 2.24) is 5.32 Å². The van der Waals surface area contributed by atoms with Gasteiger partial charge < -0.3 is 15.8 Å². The van der Waals surface area contributed by atoms with Crippen LogP contribution in [-0.4, -0.2) is 32.2 Å². The average molecular weight is 250 g/mol. The lowest BCUT2D eigenvalue weighted by Gasteiger charge is -2.16. The maximum absolute atomic E-state index is 11.6. The molecular formula is C14H22N2O2. The van der Waals surface area contributed by atoms with Crippen molar-refractivity contribution in [3.8, 4) is 0 Å². The first-order valence-electron chi connectivity index (χ1n) is 6.13. The number of benzene rings is 1. The summed E-state index contributed by atoms with van der Waals surface area (Å²) in [6.45, 7) is 4.96. The summed E-state index contributed by atoms with van der Waals surface area (Å²) in [5, 5.41) is 2.84. The van der Waals surface area contributed by atoms with Gasteiger partial charge in [0.15, 0.2) is 0 Å². The van der Waals surface area contributed by atoms with Crippen molar-refractivity contribution >= 4 is 5.91 Å². The van der Waals surface area contributed by atoms with Crippen molar-refractivity contribution in [2.24, 2.45) is 5.73 Å². The van der Waals surface area contributed by atoms with E-state index in [1.165, 1.54) is 18.2 Å². The van der Waals surface area contributed by atoms with Gasteiger partial charge in [-0.15, -0.1) is 0 Å². The number of methoxy groups -OCH3 is 1. The predicted molar refractivity (Wildman–Crippen MR) is 72.5 cm³/mol. The van der Waals surface area contributed by atoms with E-state index < -0.39 is 6.04 Å². The Hall–Kier alpha value is -1.39. The van der Waals surface area contributed by atoms with Crippen molar-refractivity contribution in [3.63, 3.8) is 0 Å². The minimum atomic E-state index is -0.597. The number of rotatable bonds is 6. The van der Waals surface area contributed by atoms with E-state index in [2.05, 4.69) is 37.4 Å². The summed E-state index contributed by atoms with van der Waals surface area (Å²) in [6, 6.07) is 7.69. The lowest BCUT2D eigenvalue weighted by atomic mass is 9.99. The van der Waals surface area contributed by atoms with Crippen LogP contribution in [0, 0.1) is 6.92 Å². The van der Waals surface area contributed by atoms with E-state index in [1.54, 1.807) is 0 Å². The lowest BCUT2D eigenvalue weighted by Crippen LogP contribution is -2.44. The number of hydrogen-bond donors (Lipinski definition) is 2. The second kappa shape index (κ2) is 7.13. The van der Waals surface area contributed by atoms with Gasteiger partial charge in [-0.2, -0.15) is 0 Å². The number of aryl methyl sites for hydroxylation is 1. The van der Waals surface area contributed by atoms with E-state index in [-0.39, 0.29) is 18.4 Å². The second-order valence-electron chi connectivity index (χ2n) is 4.62. The molecular weight excluding hydrogens is 228 g/mol. The molecule has 4 nitrogen and oxygen atoms in total. The molecule has 18 heavy (non-hydrogen) atoms. The molecule has 0 aliphatic heterocycles. The van der Waals surface area contributed by atoms with Crippen LogP contribution in [0.15, 0.2) is 24.3 Å². The summed E-state index contributed by atoms with van der Waals surface area (Å²) >= 11 is 0. The van der Waals surface area contributed by atoms with Gasteiger partial charge in [-0.3, -0.25) is 4.79 Å². The van der Waals surface area contributed by atoms with Gasteiger partial charge in [0.1, 0.15) is 6.04 Å². The van der Waals surface area contributed by atoms with E-state index in [0.717, 1.165) is 0 Å². The van der Waals surface area contributed by atoms with Gasteiger partial charge >= 0.3 is 0 Å². The highest BCUT2D eigenvalue weighted by Crippen LogP contribution is 2.15. The molecule has 0 aliphatic carbocycles.